The Hall–Kier alpha value is -3.02. The highest BCUT2D eigenvalue weighted by Crippen LogP contribution is 2.37. The fourth-order valence-electron chi connectivity index (χ4n) is 3.18. The van der Waals surface area contributed by atoms with Gasteiger partial charge >= 0.3 is 0 Å². The third kappa shape index (κ3) is 4.27. The number of carbonyl (C=O) groups excluding carboxylic acids is 2. The molecular weight excluding hydrogens is 416 g/mol. The molecule has 0 fully saturated rings. The van der Waals surface area contributed by atoms with Crippen LogP contribution < -0.4 is 5.32 Å². The number of aryl methyl sites for hydroxylation is 1. The molecule has 0 aliphatic carbocycles. The molecule has 0 radical (unpaired) electrons. The standard InChI is InChI=1S/C24H19ClN2O2S/c1-16-14-18(25)12-13-20(16)26-21-22(30-19-10-6-3-7-11-19)24(29)27(23(21)28)15-17-8-4-2-5-9-17/h2-14,26H,15H2,1H3. The van der Waals surface area contributed by atoms with Crippen molar-refractivity contribution >= 4 is 40.9 Å². The van der Waals surface area contributed by atoms with Gasteiger partial charge in [-0.1, -0.05) is 71.9 Å². The highest BCUT2D eigenvalue weighted by molar-refractivity contribution is 8.04. The maximum Gasteiger partial charge on any atom is 0.278 e. The predicted molar refractivity (Wildman–Crippen MR) is 121 cm³/mol. The van der Waals surface area contributed by atoms with E-state index in [4.69, 9.17) is 11.6 Å². The highest BCUT2D eigenvalue weighted by Gasteiger charge is 2.39. The lowest BCUT2D eigenvalue weighted by Gasteiger charge is -2.15. The van der Waals surface area contributed by atoms with Crippen molar-refractivity contribution in [3.05, 3.63) is 106 Å². The van der Waals surface area contributed by atoms with Gasteiger partial charge in [-0.05, 0) is 48.4 Å². The summed E-state index contributed by atoms with van der Waals surface area (Å²) < 4.78 is 0. The van der Waals surface area contributed by atoms with E-state index in [0.717, 1.165) is 21.7 Å². The lowest BCUT2D eigenvalue weighted by Crippen LogP contribution is -2.31. The summed E-state index contributed by atoms with van der Waals surface area (Å²) >= 11 is 7.35. The predicted octanol–water partition coefficient (Wildman–Crippen LogP) is 5.63. The van der Waals surface area contributed by atoms with Crippen LogP contribution in [0.2, 0.25) is 5.02 Å². The van der Waals surface area contributed by atoms with E-state index in [2.05, 4.69) is 5.32 Å². The minimum Gasteiger partial charge on any atom is -0.350 e. The van der Waals surface area contributed by atoms with Crippen molar-refractivity contribution in [2.24, 2.45) is 0 Å². The van der Waals surface area contributed by atoms with Gasteiger partial charge < -0.3 is 5.32 Å². The molecule has 0 bridgehead atoms. The summed E-state index contributed by atoms with van der Waals surface area (Å²) in [5.41, 5.74) is 2.81. The Balaban J connectivity index is 1.69. The molecule has 0 saturated carbocycles. The Morgan fingerprint density at radius 2 is 1.57 bits per heavy atom. The lowest BCUT2D eigenvalue weighted by atomic mass is 10.2. The third-order valence-corrected chi connectivity index (χ3v) is 6.05. The number of thioether (sulfide) groups is 1. The molecule has 6 heteroatoms. The Morgan fingerprint density at radius 1 is 0.900 bits per heavy atom. The van der Waals surface area contributed by atoms with Crippen LogP contribution in [0.25, 0.3) is 0 Å². The summed E-state index contributed by atoms with van der Waals surface area (Å²) in [6.07, 6.45) is 0. The second-order valence-corrected chi connectivity index (χ2v) is 8.41. The summed E-state index contributed by atoms with van der Waals surface area (Å²) in [6.45, 7) is 2.13. The van der Waals surface area contributed by atoms with Crippen LogP contribution in [0.15, 0.2) is 94.4 Å². The van der Waals surface area contributed by atoms with E-state index < -0.39 is 0 Å². The maximum atomic E-state index is 13.2. The number of rotatable bonds is 6. The van der Waals surface area contributed by atoms with Gasteiger partial charge in [-0.3, -0.25) is 14.5 Å². The number of hydrogen-bond donors (Lipinski definition) is 1. The van der Waals surface area contributed by atoms with Crippen LogP contribution in [-0.2, 0) is 16.1 Å². The average molecular weight is 435 g/mol. The highest BCUT2D eigenvalue weighted by atomic mass is 35.5. The van der Waals surface area contributed by atoms with Crippen molar-refractivity contribution in [3.63, 3.8) is 0 Å². The van der Waals surface area contributed by atoms with Crippen molar-refractivity contribution in [3.8, 4) is 0 Å². The molecular formula is C24H19ClN2O2S. The molecule has 1 heterocycles. The van der Waals surface area contributed by atoms with Gasteiger partial charge in [0.05, 0.1) is 6.54 Å². The molecule has 1 aliphatic rings. The fourth-order valence-corrected chi connectivity index (χ4v) is 4.37. The van der Waals surface area contributed by atoms with Crippen LogP contribution in [0.1, 0.15) is 11.1 Å². The van der Waals surface area contributed by atoms with Crippen molar-refractivity contribution in [2.75, 3.05) is 5.32 Å². The first-order chi connectivity index (χ1) is 14.5. The Kier molecular flexibility index (Phi) is 5.93. The van der Waals surface area contributed by atoms with Crippen LogP contribution in [0.4, 0.5) is 5.69 Å². The molecule has 2 amide bonds. The van der Waals surface area contributed by atoms with Gasteiger partial charge in [0.25, 0.3) is 11.8 Å². The van der Waals surface area contributed by atoms with Crippen LogP contribution in [0.3, 0.4) is 0 Å². The van der Waals surface area contributed by atoms with E-state index >= 15 is 0 Å². The van der Waals surface area contributed by atoms with Gasteiger partial charge in [0.15, 0.2) is 0 Å². The number of amides is 2. The van der Waals surface area contributed by atoms with E-state index in [1.807, 2.05) is 79.7 Å². The monoisotopic (exact) mass is 434 g/mol. The first kappa shape index (κ1) is 20.3. The Morgan fingerprint density at radius 3 is 2.23 bits per heavy atom. The molecule has 0 atom stereocenters. The number of halogens is 1. The Bertz CT molecular complexity index is 1130. The molecule has 1 N–H and O–H groups in total. The third-order valence-electron chi connectivity index (χ3n) is 4.72. The molecule has 30 heavy (non-hydrogen) atoms. The number of nitrogens with one attached hydrogen (secondary N) is 1. The fraction of sp³-hybridized carbons (Fsp3) is 0.0833. The number of anilines is 1. The van der Waals surface area contributed by atoms with Gasteiger partial charge in [0.2, 0.25) is 0 Å². The first-order valence-corrected chi connectivity index (χ1v) is 10.6. The summed E-state index contributed by atoms with van der Waals surface area (Å²) in [4.78, 5) is 29.0. The Labute approximate surface area is 184 Å². The summed E-state index contributed by atoms with van der Waals surface area (Å²) in [5.74, 6) is -0.636. The number of hydrogen-bond acceptors (Lipinski definition) is 4. The van der Waals surface area contributed by atoms with Crippen molar-refractivity contribution in [2.45, 2.75) is 18.4 Å². The van der Waals surface area contributed by atoms with Crippen molar-refractivity contribution < 1.29 is 9.59 Å². The number of carbonyl (C=O) groups is 2. The van der Waals surface area contributed by atoms with E-state index in [1.165, 1.54) is 16.7 Å². The summed E-state index contributed by atoms with van der Waals surface area (Å²) in [5, 5.41) is 3.81. The number of nitrogens with zero attached hydrogens (tertiary/aromatic N) is 1. The maximum absolute atomic E-state index is 13.2. The van der Waals surface area contributed by atoms with E-state index in [-0.39, 0.29) is 24.1 Å². The minimum atomic E-state index is -0.336. The second kappa shape index (κ2) is 8.78. The van der Waals surface area contributed by atoms with Gasteiger partial charge in [0.1, 0.15) is 10.6 Å². The molecule has 0 aromatic heterocycles. The molecule has 3 aromatic rings. The van der Waals surface area contributed by atoms with Gasteiger partial charge in [-0.15, -0.1) is 0 Å². The van der Waals surface area contributed by atoms with Crippen molar-refractivity contribution in [1.82, 2.24) is 4.90 Å². The van der Waals surface area contributed by atoms with Crippen LogP contribution in [0, 0.1) is 6.92 Å². The smallest absolute Gasteiger partial charge is 0.278 e. The van der Waals surface area contributed by atoms with Crippen LogP contribution >= 0.6 is 23.4 Å². The zero-order valence-corrected chi connectivity index (χ0v) is 17.8. The molecule has 3 aromatic carbocycles. The molecule has 150 valence electrons. The molecule has 0 saturated heterocycles. The second-order valence-electron chi connectivity index (χ2n) is 6.89. The molecule has 0 unspecified atom stereocenters. The quantitative estimate of drug-likeness (QED) is 0.510. The van der Waals surface area contributed by atoms with Gasteiger partial charge in [-0.25, -0.2) is 0 Å². The first-order valence-electron chi connectivity index (χ1n) is 9.43. The van der Waals surface area contributed by atoms with E-state index in [1.54, 1.807) is 6.07 Å². The van der Waals surface area contributed by atoms with Crippen LogP contribution in [-0.4, -0.2) is 16.7 Å². The molecule has 4 rings (SSSR count). The SMILES string of the molecule is Cc1cc(Cl)ccc1NC1=C(Sc2ccccc2)C(=O)N(Cc2ccccc2)C1=O. The summed E-state index contributed by atoms with van der Waals surface area (Å²) in [7, 11) is 0. The molecule has 1 aliphatic heterocycles. The van der Waals surface area contributed by atoms with Crippen molar-refractivity contribution in [1.29, 1.82) is 0 Å². The number of benzene rings is 3. The van der Waals surface area contributed by atoms with E-state index in [9.17, 15) is 9.59 Å². The van der Waals surface area contributed by atoms with E-state index in [0.29, 0.717) is 9.93 Å². The zero-order chi connectivity index (χ0) is 21.1. The molecule has 4 nitrogen and oxygen atoms in total. The van der Waals surface area contributed by atoms with Gasteiger partial charge in [-0.2, -0.15) is 0 Å². The van der Waals surface area contributed by atoms with Crippen LogP contribution in [0.5, 0.6) is 0 Å². The summed E-state index contributed by atoms with van der Waals surface area (Å²) in [6, 6.07) is 24.4. The molecule has 0 spiro atoms. The zero-order valence-electron chi connectivity index (χ0n) is 16.3. The largest absolute Gasteiger partial charge is 0.350 e. The average Bonchev–Trinajstić information content (AvgIpc) is 2.96. The van der Waals surface area contributed by atoms with Gasteiger partial charge in [0, 0.05) is 15.6 Å². The minimum absolute atomic E-state index is 0.224. The number of imide groups is 1. The topological polar surface area (TPSA) is 49.4 Å². The normalized spacial score (nSPS) is 13.9. The lowest BCUT2D eigenvalue weighted by molar-refractivity contribution is -0.137.